The Kier molecular flexibility index (Phi) is 5.36. The van der Waals surface area contributed by atoms with Gasteiger partial charge in [0.15, 0.2) is 11.5 Å². The van der Waals surface area contributed by atoms with Crippen molar-refractivity contribution in [2.45, 2.75) is 13.8 Å². The lowest BCUT2D eigenvalue weighted by atomic mass is 10.0. The zero-order valence-corrected chi connectivity index (χ0v) is 13.8. The van der Waals surface area contributed by atoms with Crippen LogP contribution in [0.4, 0.5) is 9.59 Å². The van der Waals surface area contributed by atoms with Crippen LogP contribution in [0, 0.1) is 13.8 Å². The summed E-state index contributed by atoms with van der Waals surface area (Å²) in [6.45, 7) is 3.36. The van der Waals surface area contributed by atoms with Crippen LogP contribution in [0.5, 0.6) is 11.5 Å². The molecule has 1 aromatic carbocycles. The molecule has 0 unspecified atom stereocenters. The first kappa shape index (κ1) is 17.3. The first-order valence-electron chi connectivity index (χ1n) is 7.06. The van der Waals surface area contributed by atoms with Gasteiger partial charge in [-0.25, -0.2) is 9.59 Å². The van der Waals surface area contributed by atoms with Gasteiger partial charge in [-0.3, -0.25) is 4.98 Å². The lowest BCUT2D eigenvalue weighted by molar-refractivity contribution is 0.119. The Morgan fingerprint density at radius 3 is 1.71 bits per heavy atom. The highest BCUT2D eigenvalue weighted by atomic mass is 16.7. The standard InChI is InChI=1S/C17H17NO6/c1-10-14(23-16(19)21-3)13(12-8-6-5-7-9-12)15(11(2)18-10)24-17(20)22-4/h5-9H,1-4H3. The highest BCUT2D eigenvalue weighted by Gasteiger charge is 2.24. The van der Waals surface area contributed by atoms with E-state index < -0.39 is 12.3 Å². The van der Waals surface area contributed by atoms with Crippen molar-refractivity contribution >= 4 is 12.3 Å². The zero-order chi connectivity index (χ0) is 17.7. The van der Waals surface area contributed by atoms with Crippen molar-refractivity contribution in [1.82, 2.24) is 4.98 Å². The number of ether oxygens (including phenoxy) is 4. The number of carbonyl (C=O) groups is 2. The van der Waals surface area contributed by atoms with Gasteiger partial charge >= 0.3 is 12.3 Å². The molecule has 0 saturated carbocycles. The highest BCUT2D eigenvalue weighted by Crippen LogP contribution is 2.42. The number of hydrogen-bond donors (Lipinski definition) is 0. The van der Waals surface area contributed by atoms with Gasteiger partial charge in [0.05, 0.1) is 31.2 Å². The number of nitrogens with zero attached hydrogens (tertiary/aromatic N) is 1. The van der Waals surface area contributed by atoms with E-state index in [9.17, 15) is 9.59 Å². The Labute approximate surface area is 139 Å². The molecule has 0 saturated heterocycles. The maximum absolute atomic E-state index is 11.6. The van der Waals surface area contributed by atoms with Crippen molar-refractivity contribution in [3.8, 4) is 22.6 Å². The van der Waals surface area contributed by atoms with Crippen molar-refractivity contribution in [2.24, 2.45) is 0 Å². The van der Waals surface area contributed by atoms with Gasteiger partial charge in [0.2, 0.25) is 0 Å². The SMILES string of the molecule is COC(=O)Oc1c(C)nc(C)c(OC(=O)OC)c1-c1ccccc1. The van der Waals surface area contributed by atoms with E-state index in [4.69, 9.17) is 9.47 Å². The lowest BCUT2D eigenvalue weighted by Crippen LogP contribution is -2.14. The molecule has 24 heavy (non-hydrogen) atoms. The van der Waals surface area contributed by atoms with Crippen molar-refractivity contribution in [3.63, 3.8) is 0 Å². The molecule has 7 heteroatoms. The van der Waals surface area contributed by atoms with Crippen molar-refractivity contribution < 1.29 is 28.5 Å². The Bertz CT molecular complexity index is 715. The summed E-state index contributed by atoms with van der Waals surface area (Å²) >= 11 is 0. The summed E-state index contributed by atoms with van der Waals surface area (Å²) in [5.74, 6) is 0.301. The third-order valence-corrected chi connectivity index (χ3v) is 3.21. The Morgan fingerprint density at radius 1 is 0.833 bits per heavy atom. The molecule has 0 fully saturated rings. The summed E-state index contributed by atoms with van der Waals surface area (Å²) in [4.78, 5) is 27.4. The Hall–Kier alpha value is -3.09. The third-order valence-electron chi connectivity index (χ3n) is 3.21. The second-order valence-corrected chi connectivity index (χ2v) is 4.79. The largest absolute Gasteiger partial charge is 0.513 e. The van der Waals surface area contributed by atoms with E-state index in [2.05, 4.69) is 14.5 Å². The van der Waals surface area contributed by atoms with E-state index in [0.717, 1.165) is 0 Å². The average Bonchev–Trinajstić information content (AvgIpc) is 2.59. The molecule has 0 bridgehead atoms. The minimum absolute atomic E-state index is 0.151. The minimum atomic E-state index is -0.898. The first-order valence-corrected chi connectivity index (χ1v) is 7.06. The number of methoxy groups -OCH3 is 2. The number of hydrogen-bond acceptors (Lipinski definition) is 7. The van der Waals surface area contributed by atoms with E-state index in [-0.39, 0.29) is 11.5 Å². The topological polar surface area (TPSA) is 84.0 Å². The molecule has 0 aliphatic carbocycles. The summed E-state index contributed by atoms with van der Waals surface area (Å²) in [5, 5.41) is 0. The van der Waals surface area contributed by atoms with E-state index in [1.807, 2.05) is 18.2 Å². The van der Waals surface area contributed by atoms with Crippen molar-refractivity contribution in [3.05, 3.63) is 41.7 Å². The molecule has 1 aromatic heterocycles. The van der Waals surface area contributed by atoms with Crippen LogP contribution in [0.1, 0.15) is 11.4 Å². The number of benzene rings is 1. The monoisotopic (exact) mass is 331 g/mol. The molecule has 7 nitrogen and oxygen atoms in total. The molecule has 0 spiro atoms. The summed E-state index contributed by atoms with van der Waals surface area (Å²) < 4.78 is 19.6. The van der Waals surface area contributed by atoms with Gasteiger partial charge in [-0.2, -0.15) is 0 Å². The van der Waals surface area contributed by atoms with Crippen LogP contribution in [0.15, 0.2) is 30.3 Å². The molecule has 0 radical (unpaired) electrons. The zero-order valence-electron chi connectivity index (χ0n) is 13.8. The smallest absolute Gasteiger partial charge is 0.437 e. The van der Waals surface area contributed by atoms with Crippen LogP contribution in [0.25, 0.3) is 11.1 Å². The average molecular weight is 331 g/mol. The van der Waals surface area contributed by atoms with E-state index in [1.54, 1.807) is 26.0 Å². The molecule has 0 N–H and O–H groups in total. The molecule has 2 rings (SSSR count). The Morgan fingerprint density at radius 2 is 1.29 bits per heavy atom. The van der Waals surface area contributed by atoms with Crippen LogP contribution < -0.4 is 9.47 Å². The second-order valence-electron chi connectivity index (χ2n) is 4.79. The summed E-state index contributed by atoms with van der Waals surface area (Å²) in [6.07, 6.45) is -1.80. The van der Waals surface area contributed by atoms with Gasteiger partial charge in [-0.15, -0.1) is 0 Å². The number of rotatable bonds is 3. The third kappa shape index (κ3) is 3.62. The molecular weight excluding hydrogens is 314 g/mol. The van der Waals surface area contributed by atoms with Gasteiger partial charge in [-0.1, -0.05) is 30.3 Å². The maximum atomic E-state index is 11.6. The van der Waals surface area contributed by atoms with E-state index in [1.165, 1.54) is 14.2 Å². The van der Waals surface area contributed by atoms with Gasteiger partial charge in [0.1, 0.15) is 0 Å². The van der Waals surface area contributed by atoms with Crippen molar-refractivity contribution in [2.75, 3.05) is 14.2 Å². The van der Waals surface area contributed by atoms with Crippen molar-refractivity contribution in [1.29, 1.82) is 0 Å². The van der Waals surface area contributed by atoms with Gasteiger partial charge in [-0.05, 0) is 19.4 Å². The van der Waals surface area contributed by atoms with Gasteiger partial charge < -0.3 is 18.9 Å². The molecule has 126 valence electrons. The highest BCUT2D eigenvalue weighted by molar-refractivity contribution is 5.83. The van der Waals surface area contributed by atoms with Gasteiger partial charge in [0, 0.05) is 0 Å². The van der Waals surface area contributed by atoms with Crippen LogP contribution in [-0.2, 0) is 9.47 Å². The predicted molar refractivity (Wildman–Crippen MR) is 85.2 cm³/mol. The molecule has 0 aliphatic heterocycles. The number of aryl methyl sites for hydroxylation is 2. The number of pyridine rings is 1. The quantitative estimate of drug-likeness (QED) is 0.794. The molecular formula is C17H17NO6. The normalized spacial score (nSPS) is 10.0. The molecule has 0 aliphatic rings. The number of carbonyl (C=O) groups excluding carboxylic acids is 2. The summed E-state index contributed by atoms with van der Waals surface area (Å²) in [7, 11) is 2.40. The second kappa shape index (κ2) is 7.45. The Balaban J connectivity index is 2.71. The fourth-order valence-corrected chi connectivity index (χ4v) is 2.18. The summed E-state index contributed by atoms with van der Waals surface area (Å²) in [5.41, 5.74) is 2.00. The van der Waals surface area contributed by atoms with Crippen LogP contribution >= 0.6 is 0 Å². The molecule has 0 atom stereocenters. The van der Waals surface area contributed by atoms with E-state index in [0.29, 0.717) is 22.5 Å². The molecule has 2 aromatic rings. The fourth-order valence-electron chi connectivity index (χ4n) is 2.18. The number of aromatic nitrogens is 1. The minimum Gasteiger partial charge on any atom is -0.437 e. The fraction of sp³-hybridized carbons (Fsp3) is 0.235. The maximum Gasteiger partial charge on any atom is 0.513 e. The molecule has 0 amide bonds. The van der Waals surface area contributed by atoms with Crippen LogP contribution in [-0.4, -0.2) is 31.5 Å². The first-order chi connectivity index (χ1) is 11.5. The summed E-state index contributed by atoms with van der Waals surface area (Å²) in [6, 6.07) is 9.05. The van der Waals surface area contributed by atoms with E-state index >= 15 is 0 Å². The molecule has 1 heterocycles. The van der Waals surface area contributed by atoms with Crippen LogP contribution in [0.3, 0.4) is 0 Å². The van der Waals surface area contributed by atoms with Gasteiger partial charge in [0.25, 0.3) is 0 Å². The lowest BCUT2D eigenvalue weighted by Gasteiger charge is -2.17. The van der Waals surface area contributed by atoms with Crippen LogP contribution in [0.2, 0.25) is 0 Å². The predicted octanol–water partition coefficient (Wildman–Crippen LogP) is 3.66.